The van der Waals surface area contributed by atoms with Gasteiger partial charge in [0, 0.05) is 29.1 Å². The Hall–Kier alpha value is -3.48. The summed E-state index contributed by atoms with van der Waals surface area (Å²) in [5.74, 6) is -0.940. The standard InChI is InChI=1S/C22H22FN3O3/c1-12(2)10-18-20(26(3)22(28)29)19(14-6-4-5-7-16(14)23)15-11-13(21(24)27)8-9-17(15)25-18/h4-9,11-12H,10H2,1-3H3,(H2,24,27)(H,28,29). The van der Waals surface area contributed by atoms with Crippen molar-refractivity contribution in [3.8, 4) is 11.1 Å². The average Bonchev–Trinajstić information content (AvgIpc) is 2.66. The second-order valence-corrected chi connectivity index (χ2v) is 7.30. The van der Waals surface area contributed by atoms with Crippen molar-refractivity contribution in [2.45, 2.75) is 20.3 Å². The molecular weight excluding hydrogens is 373 g/mol. The van der Waals surface area contributed by atoms with Crippen LogP contribution >= 0.6 is 0 Å². The van der Waals surface area contributed by atoms with Gasteiger partial charge in [0.25, 0.3) is 0 Å². The van der Waals surface area contributed by atoms with Crippen molar-refractivity contribution >= 4 is 28.6 Å². The second-order valence-electron chi connectivity index (χ2n) is 7.30. The van der Waals surface area contributed by atoms with Crippen molar-refractivity contribution in [3.05, 3.63) is 59.5 Å². The summed E-state index contributed by atoms with van der Waals surface area (Å²) >= 11 is 0. The lowest BCUT2D eigenvalue weighted by Gasteiger charge is -2.24. The molecule has 3 N–H and O–H groups in total. The first-order chi connectivity index (χ1) is 13.7. The fraction of sp³-hybridized carbons (Fsp3) is 0.227. The van der Waals surface area contributed by atoms with E-state index in [0.717, 1.165) is 4.90 Å². The first-order valence-electron chi connectivity index (χ1n) is 9.18. The molecular formula is C22H22FN3O3. The summed E-state index contributed by atoms with van der Waals surface area (Å²) in [6.45, 7) is 3.99. The molecule has 0 saturated heterocycles. The molecule has 2 aromatic carbocycles. The number of carbonyl (C=O) groups is 2. The molecule has 3 aromatic rings. The Kier molecular flexibility index (Phi) is 5.50. The minimum atomic E-state index is -1.19. The van der Waals surface area contributed by atoms with Gasteiger partial charge in [0.05, 0.1) is 16.9 Å². The third-order valence-electron chi connectivity index (χ3n) is 4.68. The molecule has 150 valence electrons. The zero-order valence-corrected chi connectivity index (χ0v) is 16.4. The van der Waals surface area contributed by atoms with Gasteiger partial charge in [0.1, 0.15) is 5.82 Å². The first-order valence-corrected chi connectivity index (χ1v) is 9.18. The number of fused-ring (bicyclic) bond motifs is 1. The predicted octanol–water partition coefficient (Wildman–Crippen LogP) is 4.45. The number of carboxylic acid groups (broad SMARTS) is 1. The monoisotopic (exact) mass is 395 g/mol. The summed E-state index contributed by atoms with van der Waals surface area (Å²) in [5.41, 5.74) is 7.64. The molecule has 0 aliphatic carbocycles. The maximum Gasteiger partial charge on any atom is 0.411 e. The van der Waals surface area contributed by atoms with Crippen molar-refractivity contribution in [1.29, 1.82) is 0 Å². The van der Waals surface area contributed by atoms with Crippen LogP contribution in [0.3, 0.4) is 0 Å². The minimum absolute atomic E-state index is 0.194. The first kappa shape index (κ1) is 20.3. The number of rotatable bonds is 5. The molecule has 6 nitrogen and oxygen atoms in total. The van der Waals surface area contributed by atoms with Crippen LogP contribution in [0.1, 0.15) is 29.9 Å². The number of halogens is 1. The van der Waals surface area contributed by atoms with Gasteiger partial charge in [-0.1, -0.05) is 32.0 Å². The van der Waals surface area contributed by atoms with Gasteiger partial charge in [-0.3, -0.25) is 14.7 Å². The topological polar surface area (TPSA) is 96.5 Å². The Morgan fingerprint density at radius 3 is 2.48 bits per heavy atom. The Morgan fingerprint density at radius 1 is 1.21 bits per heavy atom. The smallest absolute Gasteiger partial charge is 0.411 e. The van der Waals surface area contributed by atoms with E-state index in [9.17, 15) is 19.1 Å². The summed E-state index contributed by atoms with van der Waals surface area (Å²) in [6, 6.07) is 10.9. The van der Waals surface area contributed by atoms with Gasteiger partial charge >= 0.3 is 6.09 Å². The van der Waals surface area contributed by atoms with Crippen molar-refractivity contribution in [2.75, 3.05) is 11.9 Å². The number of aromatic nitrogens is 1. The molecule has 0 spiro atoms. The SMILES string of the molecule is CC(C)Cc1nc2ccc(C(N)=O)cc2c(-c2ccccc2F)c1N(C)C(=O)O. The Balaban J connectivity index is 2.52. The van der Waals surface area contributed by atoms with Gasteiger partial charge in [-0.15, -0.1) is 0 Å². The number of pyridine rings is 1. The largest absolute Gasteiger partial charge is 0.465 e. The van der Waals surface area contributed by atoms with Crippen LogP contribution in [-0.4, -0.2) is 29.1 Å². The van der Waals surface area contributed by atoms with Crippen molar-refractivity contribution in [2.24, 2.45) is 11.7 Å². The molecule has 0 saturated carbocycles. The van der Waals surface area contributed by atoms with Crippen LogP contribution < -0.4 is 10.6 Å². The van der Waals surface area contributed by atoms with Gasteiger partial charge in [-0.25, -0.2) is 9.18 Å². The maximum absolute atomic E-state index is 14.8. The number of anilines is 1. The van der Waals surface area contributed by atoms with Crippen LogP contribution in [0, 0.1) is 11.7 Å². The summed E-state index contributed by atoms with van der Waals surface area (Å²) < 4.78 is 14.8. The summed E-state index contributed by atoms with van der Waals surface area (Å²) in [5, 5.41) is 10.1. The molecule has 3 rings (SSSR count). The van der Waals surface area contributed by atoms with E-state index in [1.807, 2.05) is 13.8 Å². The molecule has 0 fully saturated rings. The highest BCUT2D eigenvalue weighted by molar-refractivity contribution is 6.08. The molecule has 7 heteroatoms. The summed E-state index contributed by atoms with van der Waals surface area (Å²) in [4.78, 5) is 29.3. The number of benzene rings is 2. The van der Waals surface area contributed by atoms with Gasteiger partial charge in [-0.2, -0.15) is 0 Å². The lowest BCUT2D eigenvalue weighted by molar-refractivity contribution is 0.100. The van der Waals surface area contributed by atoms with E-state index < -0.39 is 17.8 Å². The average molecular weight is 395 g/mol. The van der Waals surface area contributed by atoms with Gasteiger partial charge in [-0.05, 0) is 36.6 Å². The quantitative estimate of drug-likeness (QED) is 0.667. The Bertz CT molecular complexity index is 1110. The lowest BCUT2D eigenvalue weighted by Crippen LogP contribution is -2.27. The third kappa shape index (κ3) is 3.89. The van der Waals surface area contributed by atoms with Crippen LogP contribution in [0.15, 0.2) is 42.5 Å². The summed E-state index contributed by atoms with van der Waals surface area (Å²) in [7, 11) is 1.40. The van der Waals surface area contributed by atoms with Crippen LogP contribution in [0.25, 0.3) is 22.0 Å². The Morgan fingerprint density at radius 2 is 1.90 bits per heavy atom. The number of primary amides is 1. The third-order valence-corrected chi connectivity index (χ3v) is 4.68. The molecule has 1 heterocycles. The summed E-state index contributed by atoms with van der Waals surface area (Å²) in [6.07, 6.45) is -0.693. The van der Waals surface area contributed by atoms with E-state index in [-0.39, 0.29) is 17.0 Å². The molecule has 2 amide bonds. The second kappa shape index (κ2) is 7.87. The fourth-order valence-electron chi connectivity index (χ4n) is 3.38. The van der Waals surface area contributed by atoms with Crippen LogP contribution in [0.4, 0.5) is 14.9 Å². The number of hydrogen-bond acceptors (Lipinski definition) is 3. The van der Waals surface area contributed by atoms with Crippen molar-refractivity contribution < 1.29 is 19.1 Å². The van der Waals surface area contributed by atoms with Crippen LogP contribution in [0.2, 0.25) is 0 Å². The highest BCUT2D eigenvalue weighted by atomic mass is 19.1. The number of nitrogens with two attached hydrogens (primary N) is 1. The zero-order valence-electron chi connectivity index (χ0n) is 16.4. The van der Waals surface area contributed by atoms with Gasteiger partial charge in [0.15, 0.2) is 0 Å². The zero-order chi connectivity index (χ0) is 21.3. The van der Waals surface area contributed by atoms with E-state index in [4.69, 9.17) is 5.73 Å². The van der Waals surface area contributed by atoms with Crippen LogP contribution in [-0.2, 0) is 6.42 Å². The van der Waals surface area contributed by atoms with E-state index in [1.54, 1.807) is 30.3 Å². The minimum Gasteiger partial charge on any atom is -0.465 e. The molecule has 0 radical (unpaired) electrons. The molecule has 0 unspecified atom stereocenters. The van der Waals surface area contributed by atoms with E-state index in [0.29, 0.717) is 34.3 Å². The molecule has 0 aliphatic heterocycles. The van der Waals surface area contributed by atoms with E-state index >= 15 is 0 Å². The predicted molar refractivity (Wildman–Crippen MR) is 111 cm³/mol. The van der Waals surface area contributed by atoms with Gasteiger partial charge < -0.3 is 10.8 Å². The number of amides is 2. The normalized spacial score (nSPS) is 11.1. The fourth-order valence-corrected chi connectivity index (χ4v) is 3.38. The van der Waals surface area contributed by atoms with Crippen molar-refractivity contribution in [1.82, 2.24) is 4.98 Å². The maximum atomic E-state index is 14.8. The lowest BCUT2D eigenvalue weighted by atomic mass is 9.93. The van der Waals surface area contributed by atoms with Gasteiger partial charge in [0.2, 0.25) is 5.91 Å². The highest BCUT2D eigenvalue weighted by Gasteiger charge is 2.25. The Labute approximate surface area is 167 Å². The molecule has 0 aliphatic rings. The molecule has 0 bridgehead atoms. The number of hydrogen-bond donors (Lipinski definition) is 2. The number of nitrogens with zero attached hydrogens (tertiary/aromatic N) is 2. The van der Waals surface area contributed by atoms with E-state index in [1.165, 1.54) is 19.2 Å². The highest BCUT2D eigenvalue weighted by Crippen LogP contribution is 2.41. The molecule has 1 aromatic heterocycles. The number of carbonyl (C=O) groups excluding carboxylic acids is 1. The molecule has 0 atom stereocenters. The van der Waals surface area contributed by atoms with Crippen LogP contribution in [0.5, 0.6) is 0 Å². The van der Waals surface area contributed by atoms with E-state index in [2.05, 4.69) is 4.98 Å². The molecule has 29 heavy (non-hydrogen) atoms. The van der Waals surface area contributed by atoms with Crippen molar-refractivity contribution in [3.63, 3.8) is 0 Å².